The molecule has 0 aromatic heterocycles. The van der Waals surface area contributed by atoms with Crippen LogP contribution in [0.15, 0.2) is 23.4 Å². The first kappa shape index (κ1) is 14.9. The number of hydrogen-bond donors (Lipinski definition) is 1. The molecule has 1 unspecified atom stereocenters. The number of amides is 1. The molecule has 5 nitrogen and oxygen atoms in total. The van der Waals surface area contributed by atoms with Crippen molar-refractivity contribution in [2.45, 2.75) is 20.0 Å². The lowest BCUT2D eigenvalue weighted by Crippen LogP contribution is -2.35. The first-order valence-corrected chi connectivity index (χ1v) is 5.73. The Kier molecular flexibility index (Phi) is 4.86. The zero-order valence-electron chi connectivity index (χ0n) is 11.3. The van der Waals surface area contributed by atoms with Crippen LogP contribution in [0.3, 0.4) is 0 Å². The molecule has 0 spiro atoms. The van der Waals surface area contributed by atoms with Crippen LogP contribution in [-0.2, 0) is 4.79 Å². The van der Waals surface area contributed by atoms with Gasteiger partial charge in [0.25, 0.3) is 5.91 Å². The lowest BCUT2D eigenvalue weighted by atomic mass is 10.1. The molecule has 0 aliphatic carbocycles. The standard InChI is InChI=1S/C13H17FN2O3/c1-8(15-18)11-6-5-10(14)7-12(11)19-9(2)13(17)16(3)4/h5-7,9,18H,1-4H3. The summed E-state index contributed by atoms with van der Waals surface area (Å²) in [6, 6.07) is 3.82. The smallest absolute Gasteiger partial charge is 0.262 e. The molecule has 1 atom stereocenters. The van der Waals surface area contributed by atoms with Crippen molar-refractivity contribution in [3.05, 3.63) is 29.6 Å². The number of carbonyl (C=O) groups is 1. The van der Waals surface area contributed by atoms with Crippen molar-refractivity contribution < 1.29 is 19.1 Å². The molecule has 0 fully saturated rings. The highest BCUT2D eigenvalue weighted by Gasteiger charge is 2.19. The minimum atomic E-state index is -0.762. The summed E-state index contributed by atoms with van der Waals surface area (Å²) in [5.74, 6) is -0.569. The Balaban J connectivity index is 3.06. The van der Waals surface area contributed by atoms with Gasteiger partial charge in [-0.2, -0.15) is 0 Å². The second kappa shape index (κ2) is 6.17. The number of halogens is 1. The number of nitrogens with zero attached hydrogens (tertiary/aromatic N) is 2. The zero-order valence-corrected chi connectivity index (χ0v) is 11.3. The van der Waals surface area contributed by atoms with E-state index in [-0.39, 0.29) is 17.4 Å². The monoisotopic (exact) mass is 268 g/mol. The third-order valence-corrected chi connectivity index (χ3v) is 2.58. The molecule has 6 heteroatoms. The van der Waals surface area contributed by atoms with Crippen molar-refractivity contribution in [1.29, 1.82) is 0 Å². The van der Waals surface area contributed by atoms with Gasteiger partial charge in [-0.05, 0) is 26.0 Å². The maximum absolute atomic E-state index is 13.2. The van der Waals surface area contributed by atoms with Gasteiger partial charge in [0.15, 0.2) is 6.10 Å². The van der Waals surface area contributed by atoms with Crippen LogP contribution >= 0.6 is 0 Å². The third kappa shape index (κ3) is 3.67. The lowest BCUT2D eigenvalue weighted by molar-refractivity contribution is -0.135. The van der Waals surface area contributed by atoms with E-state index in [9.17, 15) is 9.18 Å². The molecule has 1 aromatic rings. The summed E-state index contributed by atoms with van der Waals surface area (Å²) in [7, 11) is 3.21. The normalized spacial score (nSPS) is 13.0. The average molecular weight is 268 g/mol. The van der Waals surface area contributed by atoms with Crippen LogP contribution in [-0.4, -0.2) is 41.9 Å². The van der Waals surface area contributed by atoms with Crippen molar-refractivity contribution in [3.8, 4) is 5.75 Å². The van der Waals surface area contributed by atoms with Gasteiger partial charge in [-0.3, -0.25) is 4.79 Å². The van der Waals surface area contributed by atoms with Crippen LogP contribution in [0.2, 0.25) is 0 Å². The molecule has 1 aromatic carbocycles. The molecule has 0 saturated heterocycles. The molecular formula is C13H17FN2O3. The van der Waals surface area contributed by atoms with E-state index in [1.165, 1.54) is 17.0 Å². The van der Waals surface area contributed by atoms with E-state index in [0.29, 0.717) is 5.56 Å². The highest BCUT2D eigenvalue weighted by Crippen LogP contribution is 2.22. The van der Waals surface area contributed by atoms with Gasteiger partial charge in [-0.15, -0.1) is 0 Å². The number of hydrogen-bond acceptors (Lipinski definition) is 4. The SMILES string of the molecule is CC(=NO)c1ccc(F)cc1OC(C)C(=O)N(C)C. The first-order chi connectivity index (χ1) is 8.86. The van der Waals surface area contributed by atoms with Crippen molar-refractivity contribution in [1.82, 2.24) is 4.90 Å². The fraction of sp³-hybridized carbons (Fsp3) is 0.385. The summed E-state index contributed by atoms with van der Waals surface area (Å²) >= 11 is 0. The number of rotatable bonds is 4. The Morgan fingerprint density at radius 3 is 2.63 bits per heavy atom. The minimum Gasteiger partial charge on any atom is -0.480 e. The maximum atomic E-state index is 13.2. The Labute approximate surface area is 111 Å². The Morgan fingerprint density at radius 1 is 1.47 bits per heavy atom. The minimum absolute atomic E-state index is 0.165. The highest BCUT2D eigenvalue weighted by atomic mass is 19.1. The van der Waals surface area contributed by atoms with E-state index in [1.807, 2.05) is 0 Å². The number of benzene rings is 1. The Hall–Kier alpha value is -2.11. The van der Waals surface area contributed by atoms with E-state index >= 15 is 0 Å². The summed E-state index contributed by atoms with van der Waals surface area (Å²) in [5, 5.41) is 11.8. The van der Waals surface area contributed by atoms with Crippen molar-refractivity contribution in [2.24, 2.45) is 5.16 Å². The van der Waals surface area contributed by atoms with Crippen LogP contribution in [0.4, 0.5) is 4.39 Å². The number of carbonyl (C=O) groups excluding carboxylic acids is 1. The number of likely N-dealkylation sites (N-methyl/N-ethyl adjacent to an activating group) is 1. The topological polar surface area (TPSA) is 62.1 Å². The number of ether oxygens (including phenoxy) is 1. The summed E-state index contributed by atoms with van der Waals surface area (Å²) in [5.41, 5.74) is 0.710. The molecule has 0 aliphatic heterocycles. The van der Waals surface area contributed by atoms with Gasteiger partial charge in [-0.1, -0.05) is 5.16 Å². The molecule has 1 N–H and O–H groups in total. The fourth-order valence-corrected chi connectivity index (χ4v) is 1.55. The van der Waals surface area contributed by atoms with Crippen LogP contribution in [0, 0.1) is 5.82 Å². The molecule has 0 radical (unpaired) electrons. The predicted molar refractivity (Wildman–Crippen MR) is 69.2 cm³/mol. The van der Waals surface area contributed by atoms with Gasteiger partial charge in [0.1, 0.15) is 11.6 Å². The third-order valence-electron chi connectivity index (χ3n) is 2.58. The largest absolute Gasteiger partial charge is 0.480 e. The van der Waals surface area contributed by atoms with Gasteiger partial charge in [-0.25, -0.2) is 4.39 Å². The fourth-order valence-electron chi connectivity index (χ4n) is 1.55. The maximum Gasteiger partial charge on any atom is 0.262 e. The van der Waals surface area contributed by atoms with E-state index in [4.69, 9.17) is 9.94 Å². The molecule has 0 saturated carbocycles. The molecule has 0 aliphatic rings. The molecule has 104 valence electrons. The van der Waals surface area contributed by atoms with E-state index < -0.39 is 11.9 Å². The van der Waals surface area contributed by atoms with Gasteiger partial charge in [0.2, 0.25) is 0 Å². The van der Waals surface area contributed by atoms with Crippen molar-refractivity contribution in [2.75, 3.05) is 14.1 Å². The zero-order chi connectivity index (χ0) is 14.6. The Morgan fingerprint density at radius 2 is 2.11 bits per heavy atom. The second-order valence-corrected chi connectivity index (χ2v) is 4.32. The van der Waals surface area contributed by atoms with Gasteiger partial charge < -0.3 is 14.8 Å². The van der Waals surface area contributed by atoms with Gasteiger partial charge in [0, 0.05) is 25.7 Å². The summed E-state index contributed by atoms with van der Waals surface area (Å²) in [6.07, 6.45) is -0.762. The summed E-state index contributed by atoms with van der Waals surface area (Å²) in [4.78, 5) is 13.1. The highest BCUT2D eigenvalue weighted by molar-refractivity contribution is 6.00. The van der Waals surface area contributed by atoms with Crippen molar-refractivity contribution in [3.63, 3.8) is 0 Å². The lowest BCUT2D eigenvalue weighted by Gasteiger charge is -2.19. The van der Waals surface area contributed by atoms with Gasteiger partial charge in [0.05, 0.1) is 5.71 Å². The van der Waals surface area contributed by atoms with Crippen LogP contribution in [0.1, 0.15) is 19.4 Å². The molecule has 0 heterocycles. The summed E-state index contributed by atoms with van der Waals surface area (Å²) in [6.45, 7) is 3.13. The molecule has 19 heavy (non-hydrogen) atoms. The van der Waals surface area contributed by atoms with E-state index in [0.717, 1.165) is 6.07 Å². The second-order valence-electron chi connectivity index (χ2n) is 4.32. The molecule has 0 bridgehead atoms. The van der Waals surface area contributed by atoms with Crippen LogP contribution in [0.25, 0.3) is 0 Å². The van der Waals surface area contributed by atoms with Gasteiger partial charge >= 0.3 is 0 Å². The van der Waals surface area contributed by atoms with E-state index in [2.05, 4.69) is 5.16 Å². The number of oxime groups is 1. The molecule has 1 amide bonds. The van der Waals surface area contributed by atoms with Crippen LogP contribution in [0.5, 0.6) is 5.75 Å². The predicted octanol–water partition coefficient (Wildman–Crippen LogP) is 1.88. The van der Waals surface area contributed by atoms with Crippen molar-refractivity contribution >= 4 is 11.6 Å². The Bertz CT molecular complexity index is 501. The first-order valence-electron chi connectivity index (χ1n) is 5.73. The average Bonchev–Trinajstić information content (AvgIpc) is 2.36. The van der Waals surface area contributed by atoms with Crippen LogP contribution < -0.4 is 4.74 Å². The molecule has 1 rings (SSSR count). The summed E-state index contributed by atoms with van der Waals surface area (Å²) < 4.78 is 18.7. The molecular weight excluding hydrogens is 251 g/mol. The quantitative estimate of drug-likeness (QED) is 0.515. The van der Waals surface area contributed by atoms with E-state index in [1.54, 1.807) is 27.9 Å².